The Balaban J connectivity index is 1.10. The van der Waals surface area contributed by atoms with Crippen LogP contribution in [0, 0.1) is 0 Å². The molecule has 0 aliphatic carbocycles. The molecule has 0 radical (unpaired) electrons. The van der Waals surface area contributed by atoms with Crippen molar-refractivity contribution in [3.63, 3.8) is 0 Å². The van der Waals surface area contributed by atoms with E-state index in [1.165, 1.54) is 0 Å². The topological polar surface area (TPSA) is 163 Å². The zero-order valence-corrected chi connectivity index (χ0v) is 77.2. The minimum Gasteiger partial charge on any atom is -0.462 e. The lowest BCUT2D eigenvalue weighted by Crippen LogP contribution is -2.46. The minimum absolute atomic E-state index is 0.313. The van der Waals surface area contributed by atoms with E-state index in [0.29, 0.717) is 71.5 Å². The number of aromatic nitrogens is 4. The average molecular weight is 1650 g/mol. The van der Waals surface area contributed by atoms with Gasteiger partial charge in [0.15, 0.2) is 0 Å². The van der Waals surface area contributed by atoms with Crippen molar-refractivity contribution in [1.82, 2.24) is 19.9 Å². The van der Waals surface area contributed by atoms with Gasteiger partial charge in [-0.3, -0.25) is 0 Å². The van der Waals surface area contributed by atoms with Gasteiger partial charge in [-0.15, -0.1) is 0 Å². The molecule has 20 nitrogen and oxygen atoms in total. The van der Waals surface area contributed by atoms with E-state index in [1.54, 1.807) is 0 Å². The highest BCUT2D eigenvalue weighted by molar-refractivity contribution is 6.02. The van der Waals surface area contributed by atoms with E-state index < -0.39 is 0 Å². The number of fused-ring (bicyclic) bond motifs is 8. The van der Waals surface area contributed by atoms with Crippen LogP contribution in [0.4, 0.5) is 0 Å². The summed E-state index contributed by atoms with van der Waals surface area (Å²) < 4.78 is 31.5. The smallest absolute Gasteiger partial charge is 0.338 e. The van der Waals surface area contributed by atoms with E-state index in [1.807, 2.05) is 121 Å². The molecule has 650 valence electrons. The molecular weight excluding hydrogens is 1500 g/mol. The first-order valence-electron chi connectivity index (χ1n) is 44.7. The normalized spacial score (nSPS) is 13.0. The van der Waals surface area contributed by atoms with Crippen LogP contribution in [0.15, 0.2) is 121 Å². The van der Waals surface area contributed by atoms with Gasteiger partial charge in [0.1, 0.15) is 0 Å². The lowest BCUT2D eigenvalue weighted by atomic mass is 10.0. The molecule has 0 unspecified atom stereocenters. The maximum Gasteiger partial charge on any atom is 0.338 e. The highest BCUT2D eigenvalue weighted by Gasteiger charge is 2.28. The summed E-state index contributed by atoms with van der Waals surface area (Å²) in [5, 5.41) is 0. The first-order chi connectivity index (χ1) is 56.8. The molecule has 120 heavy (non-hydrogen) atoms. The predicted octanol–water partition coefficient (Wildman–Crippen LogP) is 17.3. The number of carbonyl (C=O) groups is 4. The molecule has 0 atom stereocenters. The van der Waals surface area contributed by atoms with Crippen molar-refractivity contribution in [2.75, 3.05) is 244 Å². The van der Waals surface area contributed by atoms with Gasteiger partial charge < -0.3 is 64.8 Å². The van der Waals surface area contributed by atoms with Crippen molar-refractivity contribution >= 4 is 70.2 Å². The van der Waals surface area contributed by atoms with E-state index >= 15 is 0 Å². The van der Waals surface area contributed by atoms with Crippen LogP contribution in [0.5, 0.6) is 0 Å². The van der Waals surface area contributed by atoms with Crippen molar-refractivity contribution in [1.29, 1.82) is 0 Å². The molecule has 8 bridgehead atoms. The van der Waals surface area contributed by atoms with Gasteiger partial charge in [-0.1, -0.05) is 76.2 Å². The third-order valence-electron chi connectivity index (χ3n) is 24.4. The van der Waals surface area contributed by atoms with Gasteiger partial charge in [-0.25, -0.2) is 29.1 Å². The number of H-pyrrole nitrogens is 2. The third kappa shape index (κ3) is 28.6. The van der Waals surface area contributed by atoms with Crippen LogP contribution >= 0.6 is 0 Å². The molecule has 20 heteroatoms. The predicted molar refractivity (Wildman–Crippen MR) is 495 cm³/mol. The summed E-state index contributed by atoms with van der Waals surface area (Å²) in [7, 11) is 36.6. The number of nitrogens with one attached hydrogen (secondary N) is 2. The molecule has 5 heterocycles. The van der Waals surface area contributed by atoms with Gasteiger partial charge in [0.25, 0.3) is 0 Å². The number of rotatable bonds is 48. The first kappa shape index (κ1) is 94.9. The number of nitrogens with zero attached hydrogens (tertiary/aromatic N) is 10. The van der Waals surface area contributed by atoms with Crippen molar-refractivity contribution in [3.05, 3.63) is 166 Å². The second kappa shape index (κ2) is 42.7. The van der Waals surface area contributed by atoms with Gasteiger partial charge in [0.05, 0.1) is 289 Å². The van der Waals surface area contributed by atoms with Crippen LogP contribution in [0.1, 0.15) is 169 Å². The van der Waals surface area contributed by atoms with E-state index in [-0.39, 0.29) is 23.9 Å². The molecule has 2 aliphatic rings. The Bertz CT molecular complexity index is 4580. The van der Waals surface area contributed by atoms with Crippen molar-refractivity contribution in [2.45, 2.75) is 105 Å². The van der Waals surface area contributed by atoms with Gasteiger partial charge >= 0.3 is 23.9 Å². The molecule has 0 fully saturated rings. The Morgan fingerprint density at radius 1 is 0.242 bits per heavy atom. The van der Waals surface area contributed by atoms with Crippen LogP contribution in [-0.2, 0) is 18.9 Å². The summed E-state index contributed by atoms with van der Waals surface area (Å²) in [6, 6.07) is 38.6. The highest BCUT2D eigenvalue weighted by Crippen LogP contribution is 2.40. The Kier molecular flexibility index (Phi) is 33.8. The molecule has 2 aliphatic heterocycles. The summed E-state index contributed by atoms with van der Waals surface area (Å²) in [6.07, 6.45) is 20.2. The molecule has 9 rings (SSSR count). The molecule has 4 aromatic carbocycles. The molecule has 7 aromatic rings. The number of esters is 4. The summed E-state index contributed by atoms with van der Waals surface area (Å²) in [5.41, 5.74) is 13.8. The second-order valence-electron chi connectivity index (χ2n) is 39.2. The number of carbonyl (C=O) groups excluding carboxylic acids is 4. The zero-order chi connectivity index (χ0) is 87.1. The van der Waals surface area contributed by atoms with Gasteiger partial charge in [0, 0.05) is 95.7 Å². The summed E-state index contributed by atoms with van der Waals surface area (Å²) in [5.74, 6) is -1.52. The number of benzene rings is 4. The number of aromatic amines is 2. The fourth-order valence-electron chi connectivity index (χ4n) is 17.5. The largest absolute Gasteiger partial charge is 0.462 e. The monoisotopic (exact) mass is 1650 g/mol. The number of hydrogen-bond acceptors (Lipinski definition) is 10. The Morgan fingerprint density at radius 2 is 0.425 bits per heavy atom. The number of quaternary nitrogens is 8. The Morgan fingerprint density at radius 3 is 0.650 bits per heavy atom. The fraction of sp³-hybridized carbons (Fsp3) is 0.520. The van der Waals surface area contributed by atoms with Crippen LogP contribution < -0.4 is 0 Å². The number of ether oxygens (including phenoxy) is 4. The molecule has 3 aromatic heterocycles. The van der Waals surface area contributed by atoms with Crippen LogP contribution in [0.2, 0.25) is 0 Å². The maximum atomic E-state index is 14.0. The Labute approximate surface area is 719 Å². The molecular formula is C100H150N12O8+8. The van der Waals surface area contributed by atoms with E-state index in [0.717, 1.165) is 284 Å². The van der Waals surface area contributed by atoms with Gasteiger partial charge in [-0.05, 0) is 145 Å². The molecule has 2 N–H and O–H groups in total. The third-order valence-corrected chi connectivity index (χ3v) is 24.4. The van der Waals surface area contributed by atoms with Gasteiger partial charge in [0.2, 0.25) is 0 Å². The van der Waals surface area contributed by atoms with Crippen LogP contribution in [-0.4, -0.2) is 324 Å². The number of hydrogen-bond donors (Lipinski definition) is 2. The highest BCUT2D eigenvalue weighted by atomic mass is 16.5. The van der Waals surface area contributed by atoms with Crippen molar-refractivity contribution in [3.8, 4) is 44.5 Å². The van der Waals surface area contributed by atoms with E-state index in [9.17, 15) is 19.2 Å². The van der Waals surface area contributed by atoms with Crippen LogP contribution in [0.25, 0.3) is 90.9 Å². The minimum atomic E-state index is -0.384. The standard InChI is InChI=1S/C100H149N12O8/c1-21-57-105(5,6)61-25-65-109(13,14)69-29-73-117-97(113)81-41-33-77(34-42-81)93-85-49-51-87(101-85)94(78-35-43-82(44-36-78)98(114)118-74-30-70-110(15,16)66-26-62-106(7,8)58-22-2)89-53-55-91(103-89)96(80-39-47-84(48-40-80)100(116)120-76-32-72-112(19,20)68-28-64-108(11,12)60-24-4)92-56-54-90(104-92)95(88-52-50-86(93)102-88)79-37-45-83(46-38-79)99(115)119-75-31-71-111(17,18)67-27-63-107(9,10)59-23-3/h33-56H,21-32,57-76H2,1-20H3,(H-,101,102,103,104,113,114,115,116)/q+7/p+1. The first-order valence-corrected chi connectivity index (χ1v) is 44.7. The zero-order valence-electron chi connectivity index (χ0n) is 77.2. The van der Waals surface area contributed by atoms with E-state index in [2.05, 4.69) is 175 Å². The van der Waals surface area contributed by atoms with Crippen LogP contribution in [0.3, 0.4) is 0 Å². The Hall–Kier alpha value is -8.96. The lowest BCUT2D eigenvalue weighted by Gasteiger charge is -2.33. The average Bonchev–Trinajstić information content (AvgIpc) is 1.59. The van der Waals surface area contributed by atoms with Crippen molar-refractivity contribution < 1.29 is 74.0 Å². The molecule has 0 amide bonds. The fourth-order valence-corrected chi connectivity index (χ4v) is 17.5. The molecule has 0 saturated carbocycles. The SMILES string of the molecule is CCC[N+](C)(C)CCC[N+](C)(C)CCCOC(=O)c1ccc(-c2c3nc(c(-c4ccc(C(=O)OCCC[N+](C)(C)CCC[N+](C)(C)CCC)cc4)c4ccc([nH]4)c(-c4ccc(C(=O)OCCC[N+](C)(C)CCC[N+](C)(C)CCC)cc4)c4ccc([nH]4)c(-c4ccc(C(=O)OCCC[N+](C)(C)CCC[N+](C)(C)CCC)cc4)c4nc2C=C4)C=C3)cc1. The maximum absolute atomic E-state index is 14.0. The van der Waals surface area contributed by atoms with E-state index in [4.69, 9.17) is 28.9 Å². The second-order valence-corrected chi connectivity index (χ2v) is 39.2. The molecule has 0 spiro atoms. The summed E-state index contributed by atoms with van der Waals surface area (Å²) in [4.78, 5) is 74.7. The summed E-state index contributed by atoms with van der Waals surface area (Å²) >= 11 is 0. The quantitative estimate of drug-likeness (QED) is 0.0162. The van der Waals surface area contributed by atoms with Gasteiger partial charge in [-0.2, -0.15) is 0 Å². The summed E-state index contributed by atoms with van der Waals surface area (Å²) in [6.45, 7) is 27.2. The lowest BCUT2D eigenvalue weighted by molar-refractivity contribution is -0.909. The molecule has 0 saturated heterocycles. The van der Waals surface area contributed by atoms with Crippen molar-refractivity contribution in [2.24, 2.45) is 0 Å².